The van der Waals surface area contributed by atoms with Gasteiger partial charge in [-0.25, -0.2) is 9.00 Å². The number of aromatic carboxylic acids is 1. The van der Waals surface area contributed by atoms with Crippen molar-refractivity contribution in [1.29, 1.82) is 0 Å². The molecule has 0 aromatic heterocycles. The average molecular weight is 202 g/mol. The fourth-order valence-corrected chi connectivity index (χ4v) is 1.20. The monoisotopic (exact) mass is 202 g/mol. The fourth-order valence-electron chi connectivity index (χ4n) is 0.795. The van der Waals surface area contributed by atoms with Gasteiger partial charge in [0.15, 0.2) is 11.1 Å². The third-order valence-electron chi connectivity index (χ3n) is 1.40. The Bertz CT molecular complexity index is 373. The largest absolute Gasteiger partial charge is 0.507 e. The van der Waals surface area contributed by atoms with Gasteiger partial charge in [-0.1, -0.05) is 0 Å². The molecule has 1 unspecified atom stereocenters. The fraction of sp³-hybridized carbons (Fsp3) is 0. The molecule has 0 aliphatic carbocycles. The molecule has 1 aromatic carbocycles. The Morgan fingerprint density at radius 2 is 2.00 bits per heavy atom. The second kappa shape index (κ2) is 3.55. The molecule has 6 heteroatoms. The van der Waals surface area contributed by atoms with Crippen LogP contribution < -0.4 is 0 Å². The molecule has 3 N–H and O–H groups in total. The molecule has 0 saturated heterocycles. The Balaban J connectivity index is 3.27. The first-order valence-electron chi connectivity index (χ1n) is 3.19. The van der Waals surface area contributed by atoms with E-state index in [9.17, 15) is 9.00 Å². The van der Waals surface area contributed by atoms with E-state index in [-0.39, 0.29) is 10.5 Å². The van der Waals surface area contributed by atoms with Gasteiger partial charge in [0.25, 0.3) is 0 Å². The highest BCUT2D eigenvalue weighted by Crippen LogP contribution is 2.19. The van der Waals surface area contributed by atoms with Crippen molar-refractivity contribution in [3.8, 4) is 5.75 Å². The number of rotatable bonds is 2. The number of benzene rings is 1. The molecular weight excluding hydrogens is 196 g/mol. The zero-order valence-electron chi connectivity index (χ0n) is 6.30. The second-order valence-electron chi connectivity index (χ2n) is 2.23. The number of aromatic hydroxyl groups is 1. The lowest BCUT2D eigenvalue weighted by Crippen LogP contribution is -1.99. The van der Waals surface area contributed by atoms with Crippen LogP contribution in [0.3, 0.4) is 0 Å². The van der Waals surface area contributed by atoms with Gasteiger partial charge in [0, 0.05) is 0 Å². The maximum absolute atomic E-state index is 10.5. The summed E-state index contributed by atoms with van der Waals surface area (Å²) in [6.45, 7) is 0. The van der Waals surface area contributed by atoms with Crippen molar-refractivity contribution in [2.24, 2.45) is 0 Å². The third kappa shape index (κ3) is 2.04. The van der Waals surface area contributed by atoms with Gasteiger partial charge in [0.2, 0.25) is 0 Å². The summed E-state index contributed by atoms with van der Waals surface area (Å²) in [6.07, 6.45) is 0. The van der Waals surface area contributed by atoms with E-state index in [1.54, 1.807) is 0 Å². The maximum atomic E-state index is 10.5. The number of carbonyl (C=O) groups is 1. The quantitative estimate of drug-likeness (QED) is 0.612. The summed E-state index contributed by atoms with van der Waals surface area (Å²) in [5, 5.41) is 17.6. The highest BCUT2D eigenvalue weighted by Gasteiger charge is 2.11. The summed E-state index contributed by atoms with van der Waals surface area (Å²) >= 11 is -2.24. The van der Waals surface area contributed by atoms with Crippen LogP contribution in [0.5, 0.6) is 5.75 Å². The molecule has 0 saturated carbocycles. The van der Waals surface area contributed by atoms with Gasteiger partial charge in [0.05, 0.1) is 4.90 Å². The third-order valence-corrected chi connectivity index (χ3v) is 2.06. The van der Waals surface area contributed by atoms with Crippen molar-refractivity contribution < 1.29 is 23.8 Å². The van der Waals surface area contributed by atoms with Gasteiger partial charge in [0.1, 0.15) is 11.3 Å². The van der Waals surface area contributed by atoms with E-state index in [2.05, 4.69) is 0 Å². The summed E-state index contributed by atoms with van der Waals surface area (Å²) in [4.78, 5) is 10.4. The van der Waals surface area contributed by atoms with E-state index in [1.165, 1.54) is 6.07 Å². The zero-order valence-corrected chi connectivity index (χ0v) is 7.11. The molecule has 70 valence electrons. The molecule has 0 aliphatic heterocycles. The van der Waals surface area contributed by atoms with Crippen LogP contribution in [0, 0.1) is 0 Å². The minimum absolute atomic E-state index is 0.0600. The number of carboxylic acid groups (broad SMARTS) is 1. The van der Waals surface area contributed by atoms with Crippen LogP contribution in [0.15, 0.2) is 23.1 Å². The molecular formula is C7H6O5S. The molecule has 1 rings (SSSR count). The van der Waals surface area contributed by atoms with Gasteiger partial charge >= 0.3 is 5.97 Å². The van der Waals surface area contributed by atoms with Crippen molar-refractivity contribution in [2.45, 2.75) is 4.90 Å². The molecule has 0 bridgehead atoms. The van der Waals surface area contributed by atoms with Crippen LogP contribution in [-0.4, -0.2) is 24.9 Å². The Morgan fingerprint density at radius 3 is 2.46 bits per heavy atom. The van der Waals surface area contributed by atoms with Crippen molar-refractivity contribution in [3.63, 3.8) is 0 Å². The first-order chi connectivity index (χ1) is 6.02. The summed E-state index contributed by atoms with van der Waals surface area (Å²) in [6, 6.07) is 3.19. The SMILES string of the molecule is O=C(O)c1cc(S(=O)O)ccc1O. The summed E-state index contributed by atoms with van der Waals surface area (Å²) in [5.41, 5.74) is -0.389. The lowest BCUT2D eigenvalue weighted by molar-refractivity contribution is 0.0693. The van der Waals surface area contributed by atoms with Gasteiger partial charge in [-0.2, -0.15) is 0 Å². The van der Waals surface area contributed by atoms with E-state index < -0.39 is 22.8 Å². The van der Waals surface area contributed by atoms with E-state index in [4.69, 9.17) is 14.8 Å². The Labute approximate surface area is 75.9 Å². The van der Waals surface area contributed by atoms with Crippen LogP contribution in [0.4, 0.5) is 0 Å². The predicted octanol–water partition coefficient (Wildman–Crippen LogP) is 0.671. The summed E-state index contributed by atoms with van der Waals surface area (Å²) < 4.78 is 19.1. The Hall–Kier alpha value is -1.40. The predicted molar refractivity (Wildman–Crippen MR) is 44.1 cm³/mol. The topological polar surface area (TPSA) is 94.8 Å². The second-order valence-corrected chi connectivity index (χ2v) is 3.20. The lowest BCUT2D eigenvalue weighted by Gasteiger charge is -2.00. The highest BCUT2D eigenvalue weighted by atomic mass is 32.2. The van der Waals surface area contributed by atoms with E-state index in [1.807, 2.05) is 0 Å². The van der Waals surface area contributed by atoms with Crippen molar-refractivity contribution in [1.82, 2.24) is 0 Å². The van der Waals surface area contributed by atoms with Crippen LogP contribution in [0.25, 0.3) is 0 Å². The first-order valence-corrected chi connectivity index (χ1v) is 4.30. The normalized spacial score (nSPS) is 12.4. The molecule has 0 radical (unpaired) electrons. The molecule has 1 aromatic rings. The summed E-state index contributed by atoms with van der Waals surface area (Å²) in [5.74, 6) is -1.77. The van der Waals surface area contributed by atoms with Crippen molar-refractivity contribution in [2.75, 3.05) is 0 Å². The van der Waals surface area contributed by atoms with Crippen LogP contribution in [0.2, 0.25) is 0 Å². The highest BCUT2D eigenvalue weighted by molar-refractivity contribution is 7.79. The molecule has 1 atom stereocenters. The first kappa shape index (κ1) is 9.69. The van der Waals surface area contributed by atoms with E-state index in [0.717, 1.165) is 12.1 Å². The maximum Gasteiger partial charge on any atom is 0.339 e. The minimum atomic E-state index is -2.24. The van der Waals surface area contributed by atoms with Gasteiger partial charge in [-0.05, 0) is 18.2 Å². The van der Waals surface area contributed by atoms with Crippen molar-refractivity contribution >= 4 is 17.0 Å². The average Bonchev–Trinajstić information content (AvgIpc) is 2.04. The van der Waals surface area contributed by atoms with Crippen LogP contribution in [-0.2, 0) is 11.1 Å². The minimum Gasteiger partial charge on any atom is -0.507 e. The van der Waals surface area contributed by atoms with E-state index >= 15 is 0 Å². The number of hydrogen-bond acceptors (Lipinski definition) is 3. The molecule has 5 nitrogen and oxygen atoms in total. The van der Waals surface area contributed by atoms with Crippen LogP contribution in [0.1, 0.15) is 10.4 Å². The zero-order chi connectivity index (χ0) is 10.0. The van der Waals surface area contributed by atoms with Crippen molar-refractivity contribution in [3.05, 3.63) is 23.8 Å². The standard InChI is InChI=1S/C7H6O5S/c8-6-2-1-4(13(11)12)3-5(6)7(9)10/h1-3,8H,(H,9,10)(H,11,12). The van der Waals surface area contributed by atoms with Crippen LogP contribution >= 0.6 is 0 Å². The Kier molecular flexibility index (Phi) is 2.64. The molecule has 0 amide bonds. The number of carboxylic acids is 1. The molecule has 0 spiro atoms. The molecule has 0 heterocycles. The van der Waals surface area contributed by atoms with Gasteiger partial charge < -0.3 is 14.8 Å². The molecule has 13 heavy (non-hydrogen) atoms. The smallest absolute Gasteiger partial charge is 0.339 e. The Morgan fingerprint density at radius 1 is 1.38 bits per heavy atom. The number of phenols is 1. The van der Waals surface area contributed by atoms with Gasteiger partial charge in [-0.15, -0.1) is 0 Å². The molecule has 0 fully saturated rings. The van der Waals surface area contributed by atoms with E-state index in [0.29, 0.717) is 0 Å². The summed E-state index contributed by atoms with van der Waals surface area (Å²) in [7, 11) is 0. The molecule has 0 aliphatic rings. The lowest BCUT2D eigenvalue weighted by atomic mass is 10.2. The number of hydrogen-bond donors (Lipinski definition) is 3. The van der Waals surface area contributed by atoms with Gasteiger partial charge in [-0.3, -0.25) is 0 Å².